The quantitative estimate of drug-likeness (QED) is 0.664. The van der Waals surface area contributed by atoms with E-state index in [9.17, 15) is 4.79 Å². The largest absolute Gasteiger partial charge is 0.497 e. The fourth-order valence-corrected chi connectivity index (χ4v) is 3.76. The Labute approximate surface area is 175 Å². The number of carbonyl (C=O) groups is 1. The Morgan fingerprint density at radius 3 is 2.63 bits per heavy atom. The number of hydrogen-bond acceptors (Lipinski definition) is 5. The van der Waals surface area contributed by atoms with Crippen molar-refractivity contribution in [2.24, 2.45) is 0 Å². The van der Waals surface area contributed by atoms with Crippen molar-refractivity contribution in [1.29, 1.82) is 0 Å². The minimum atomic E-state index is -0.207. The van der Waals surface area contributed by atoms with Gasteiger partial charge in [0.2, 0.25) is 5.91 Å². The van der Waals surface area contributed by atoms with Crippen molar-refractivity contribution in [3.63, 3.8) is 0 Å². The van der Waals surface area contributed by atoms with Crippen molar-refractivity contribution in [2.45, 2.75) is 32.3 Å². The van der Waals surface area contributed by atoms with E-state index in [1.54, 1.807) is 20.5 Å². The van der Waals surface area contributed by atoms with Crippen molar-refractivity contribution < 1.29 is 19.0 Å². The summed E-state index contributed by atoms with van der Waals surface area (Å²) < 4.78 is 18.7. The molecule has 3 aromatic rings. The second kappa shape index (κ2) is 8.10. The van der Waals surface area contributed by atoms with E-state index in [1.807, 2.05) is 60.9 Å². The van der Waals surface area contributed by atoms with Crippen molar-refractivity contribution in [3.05, 3.63) is 60.0 Å². The standard InChI is InChI=1S/C23H25N3O4/c1-14(2)30-19-8-6-5-7-16(19)17-12-21(27)25-23-22(17)24-13-26(23)18-11-15(28-3)9-10-20(18)29-4/h5-11,13-14,17H,12H2,1-4H3,(H,25,27)/t17-/m0/s1. The molecule has 1 N–H and O–H groups in total. The predicted octanol–water partition coefficient (Wildman–Crippen LogP) is 4.15. The maximum absolute atomic E-state index is 12.7. The lowest BCUT2D eigenvalue weighted by Gasteiger charge is -2.25. The van der Waals surface area contributed by atoms with E-state index in [-0.39, 0.29) is 17.9 Å². The Morgan fingerprint density at radius 2 is 1.90 bits per heavy atom. The van der Waals surface area contributed by atoms with Gasteiger partial charge < -0.3 is 19.5 Å². The molecule has 1 atom stereocenters. The molecule has 0 saturated carbocycles. The summed E-state index contributed by atoms with van der Waals surface area (Å²) >= 11 is 0. The van der Waals surface area contributed by atoms with Gasteiger partial charge in [-0.15, -0.1) is 0 Å². The number of fused-ring (bicyclic) bond motifs is 1. The van der Waals surface area contributed by atoms with Crippen molar-refractivity contribution in [3.8, 4) is 22.9 Å². The third kappa shape index (κ3) is 3.58. The molecule has 1 aliphatic rings. The number of anilines is 1. The zero-order valence-corrected chi connectivity index (χ0v) is 17.5. The third-order valence-corrected chi connectivity index (χ3v) is 5.08. The summed E-state index contributed by atoms with van der Waals surface area (Å²) in [4.78, 5) is 17.3. The van der Waals surface area contributed by atoms with Gasteiger partial charge in [-0.2, -0.15) is 0 Å². The first kappa shape index (κ1) is 19.8. The maximum atomic E-state index is 12.7. The molecular formula is C23H25N3O4. The van der Waals surface area contributed by atoms with Crippen LogP contribution in [0.2, 0.25) is 0 Å². The van der Waals surface area contributed by atoms with Gasteiger partial charge in [-0.05, 0) is 32.0 Å². The number of rotatable bonds is 6. The Hall–Kier alpha value is -3.48. The molecule has 30 heavy (non-hydrogen) atoms. The normalized spacial score (nSPS) is 15.5. The molecule has 1 aliphatic heterocycles. The molecule has 7 heteroatoms. The van der Waals surface area contributed by atoms with Gasteiger partial charge in [-0.3, -0.25) is 9.36 Å². The number of amides is 1. The van der Waals surface area contributed by atoms with Gasteiger partial charge in [-0.1, -0.05) is 18.2 Å². The number of ether oxygens (including phenoxy) is 3. The lowest BCUT2D eigenvalue weighted by atomic mass is 9.89. The van der Waals surface area contributed by atoms with E-state index in [1.165, 1.54) is 0 Å². The van der Waals surface area contributed by atoms with Crippen LogP contribution >= 0.6 is 0 Å². The smallest absolute Gasteiger partial charge is 0.226 e. The number of nitrogens with zero attached hydrogens (tertiary/aromatic N) is 2. The van der Waals surface area contributed by atoms with E-state index in [2.05, 4.69) is 10.3 Å². The minimum absolute atomic E-state index is 0.0293. The molecule has 0 spiro atoms. The summed E-state index contributed by atoms with van der Waals surface area (Å²) in [5, 5.41) is 2.98. The highest BCUT2D eigenvalue weighted by Crippen LogP contribution is 2.42. The second-order valence-corrected chi connectivity index (χ2v) is 7.40. The summed E-state index contributed by atoms with van der Waals surface area (Å²) in [7, 11) is 3.22. The molecular weight excluding hydrogens is 382 g/mol. The SMILES string of the molecule is COc1ccc(OC)c(-n2cnc3c2NC(=O)C[C@H]3c2ccccc2OC(C)C)c1. The number of methoxy groups -OCH3 is 2. The van der Waals surface area contributed by atoms with E-state index >= 15 is 0 Å². The van der Waals surface area contributed by atoms with Gasteiger partial charge in [0, 0.05) is 24.0 Å². The van der Waals surface area contributed by atoms with Gasteiger partial charge in [0.05, 0.1) is 31.7 Å². The van der Waals surface area contributed by atoms with Gasteiger partial charge >= 0.3 is 0 Å². The average molecular weight is 407 g/mol. The molecule has 1 amide bonds. The molecule has 4 rings (SSSR count). The van der Waals surface area contributed by atoms with Crippen LogP contribution in [0, 0.1) is 0 Å². The fourth-order valence-electron chi connectivity index (χ4n) is 3.76. The van der Waals surface area contributed by atoms with Crippen LogP contribution in [0.1, 0.15) is 37.4 Å². The lowest BCUT2D eigenvalue weighted by Crippen LogP contribution is -2.25. The average Bonchev–Trinajstić information content (AvgIpc) is 3.16. The molecule has 0 aliphatic carbocycles. The molecule has 0 unspecified atom stereocenters. The second-order valence-electron chi connectivity index (χ2n) is 7.40. The molecule has 2 heterocycles. The van der Waals surface area contributed by atoms with Crippen LogP contribution in [0.4, 0.5) is 5.82 Å². The maximum Gasteiger partial charge on any atom is 0.226 e. The van der Waals surface area contributed by atoms with Gasteiger partial charge in [0.1, 0.15) is 29.4 Å². The number of aromatic nitrogens is 2. The van der Waals surface area contributed by atoms with Crippen molar-refractivity contribution in [1.82, 2.24) is 9.55 Å². The number of carbonyl (C=O) groups excluding carboxylic acids is 1. The number of nitrogens with one attached hydrogen (secondary N) is 1. The molecule has 0 fully saturated rings. The summed E-state index contributed by atoms with van der Waals surface area (Å²) in [6.45, 7) is 3.97. The highest BCUT2D eigenvalue weighted by Gasteiger charge is 2.33. The van der Waals surface area contributed by atoms with E-state index in [0.29, 0.717) is 23.7 Å². The summed E-state index contributed by atoms with van der Waals surface area (Å²) in [6, 6.07) is 13.3. The molecule has 0 bridgehead atoms. The van der Waals surface area contributed by atoms with Crippen molar-refractivity contribution >= 4 is 11.7 Å². The molecule has 0 saturated heterocycles. The fraction of sp³-hybridized carbons (Fsp3) is 0.304. The third-order valence-electron chi connectivity index (χ3n) is 5.08. The minimum Gasteiger partial charge on any atom is -0.497 e. The zero-order valence-electron chi connectivity index (χ0n) is 17.5. The molecule has 0 radical (unpaired) electrons. The zero-order chi connectivity index (χ0) is 21.3. The van der Waals surface area contributed by atoms with Gasteiger partial charge in [0.25, 0.3) is 0 Å². The first-order chi connectivity index (χ1) is 14.5. The van der Waals surface area contributed by atoms with Crippen LogP contribution in [0.5, 0.6) is 17.2 Å². The Balaban J connectivity index is 1.83. The highest BCUT2D eigenvalue weighted by molar-refractivity contribution is 5.94. The number of imidazole rings is 1. The van der Waals surface area contributed by atoms with Crippen LogP contribution < -0.4 is 19.5 Å². The Bertz CT molecular complexity index is 1070. The first-order valence-corrected chi connectivity index (χ1v) is 9.87. The van der Waals surface area contributed by atoms with Crippen LogP contribution in [-0.2, 0) is 4.79 Å². The van der Waals surface area contributed by atoms with E-state index in [4.69, 9.17) is 14.2 Å². The van der Waals surface area contributed by atoms with Crippen LogP contribution in [0.3, 0.4) is 0 Å². The molecule has 2 aromatic carbocycles. The highest BCUT2D eigenvalue weighted by atomic mass is 16.5. The van der Waals surface area contributed by atoms with Crippen LogP contribution in [0.25, 0.3) is 5.69 Å². The van der Waals surface area contributed by atoms with Gasteiger partial charge in [0.15, 0.2) is 0 Å². The van der Waals surface area contributed by atoms with Gasteiger partial charge in [-0.25, -0.2) is 4.98 Å². The predicted molar refractivity (Wildman–Crippen MR) is 114 cm³/mol. The molecule has 156 valence electrons. The van der Waals surface area contributed by atoms with Crippen molar-refractivity contribution in [2.75, 3.05) is 19.5 Å². The Morgan fingerprint density at radius 1 is 1.10 bits per heavy atom. The summed E-state index contributed by atoms with van der Waals surface area (Å²) in [6.07, 6.45) is 2.03. The first-order valence-electron chi connectivity index (χ1n) is 9.87. The van der Waals surface area contributed by atoms with E-state index in [0.717, 1.165) is 22.7 Å². The topological polar surface area (TPSA) is 74.6 Å². The van der Waals surface area contributed by atoms with E-state index < -0.39 is 0 Å². The number of para-hydroxylation sites is 1. The molecule has 7 nitrogen and oxygen atoms in total. The lowest BCUT2D eigenvalue weighted by molar-refractivity contribution is -0.116. The number of hydrogen-bond donors (Lipinski definition) is 1. The number of benzene rings is 2. The molecule has 1 aromatic heterocycles. The Kier molecular flexibility index (Phi) is 5.35. The monoisotopic (exact) mass is 407 g/mol. The summed E-state index contributed by atoms with van der Waals surface area (Å²) in [5.74, 6) is 2.45. The van der Waals surface area contributed by atoms with Crippen LogP contribution in [-0.4, -0.2) is 35.8 Å². The van der Waals surface area contributed by atoms with Crippen LogP contribution in [0.15, 0.2) is 48.8 Å². The summed E-state index contributed by atoms with van der Waals surface area (Å²) in [5.41, 5.74) is 2.47.